The average Bonchev–Trinajstić information content (AvgIpc) is 3.12. The van der Waals surface area contributed by atoms with Gasteiger partial charge in [-0.3, -0.25) is 0 Å². The molecule has 0 atom stereocenters. The molecule has 6 rings (SSSR count). The summed E-state index contributed by atoms with van der Waals surface area (Å²) < 4.78 is 14.2. The maximum atomic E-state index is 9.87. The smallest absolute Gasteiger partial charge is 0.261 e. The second kappa shape index (κ2) is 16.7. The van der Waals surface area contributed by atoms with Gasteiger partial charge in [-0.15, -0.1) is 0 Å². The number of rotatable bonds is 8. The second-order valence-electron chi connectivity index (χ2n) is 16.4. The van der Waals surface area contributed by atoms with Gasteiger partial charge in [0.25, 0.3) is 16.6 Å². The lowest BCUT2D eigenvalue weighted by molar-refractivity contribution is 0.0617. The van der Waals surface area contributed by atoms with Crippen molar-refractivity contribution in [2.75, 3.05) is 0 Å². The minimum Gasteiger partial charge on any atom is -0.404 e. The van der Waals surface area contributed by atoms with E-state index in [2.05, 4.69) is 163 Å². The molecule has 2 saturated carbocycles. The van der Waals surface area contributed by atoms with Crippen LogP contribution in [0.3, 0.4) is 0 Å². The molecule has 50 heavy (non-hydrogen) atoms. The van der Waals surface area contributed by atoms with Crippen molar-refractivity contribution in [3.63, 3.8) is 0 Å². The van der Waals surface area contributed by atoms with E-state index in [1.165, 1.54) is 20.7 Å². The predicted octanol–water partition coefficient (Wildman–Crippen LogP) is 7.73. The van der Waals surface area contributed by atoms with Crippen molar-refractivity contribution in [3.8, 4) is 0 Å². The Labute approximate surface area is 304 Å². The van der Waals surface area contributed by atoms with Gasteiger partial charge in [0, 0.05) is 12.2 Å². The number of benzene rings is 4. The molecule has 2 aliphatic carbocycles. The topological polar surface area (TPSA) is 58.9 Å². The summed E-state index contributed by atoms with van der Waals surface area (Å²) >= 11 is 0. The van der Waals surface area contributed by atoms with Crippen LogP contribution < -0.4 is 20.7 Å². The zero-order valence-corrected chi connectivity index (χ0v) is 33.2. The van der Waals surface area contributed by atoms with E-state index in [1.54, 1.807) is 0 Å². The highest BCUT2D eigenvalue weighted by Gasteiger charge is 2.52. The van der Waals surface area contributed by atoms with Gasteiger partial charge < -0.3 is 19.1 Å². The van der Waals surface area contributed by atoms with E-state index < -0.39 is 16.6 Å². The van der Waals surface area contributed by atoms with Crippen LogP contribution in [-0.2, 0) is 8.85 Å². The molecule has 4 aromatic rings. The zero-order valence-electron chi connectivity index (χ0n) is 31.2. The summed E-state index contributed by atoms with van der Waals surface area (Å²) in [6.07, 6.45) is 7.36. The minimum absolute atomic E-state index is 0.0196. The lowest BCUT2D eigenvalue weighted by Gasteiger charge is -2.46. The van der Waals surface area contributed by atoms with Crippen molar-refractivity contribution in [2.45, 2.75) is 127 Å². The molecule has 0 unspecified atom stereocenters. The van der Waals surface area contributed by atoms with Crippen LogP contribution in [-0.4, -0.2) is 51.3 Å². The van der Waals surface area contributed by atoms with Crippen molar-refractivity contribution >= 4 is 37.4 Å². The van der Waals surface area contributed by atoms with Gasteiger partial charge in [0.15, 0.2) is 0 Å². The normalized spacial score (nSPS) is 21.9. The summed E-state index contributed by atoms with van der Waals surface area (Å²) in [6, 6.07) is 43.2. The Bertz CT molecular complexity index is 1350. The van der Waals surface area contributed by atoms with Crippen LogP contribution in [0.2, 0.25) is 10.1 Å². The Morgan fingerprint density at radius 3 is 0.820 bits per heavy atom. The lowest BCUT2D eigenvalue weighted by Crippen LogP contribution is -2.67. The van der Waals surface area contributed by atoms with E-state index >= 15 is 0 Å². The third-order valence-electron chi connectivity index (χ3n) is 10.8. The van der Waals surface area contributed by atoms with E-state index in [4.69, 9.17) is 8.85 Å². The van der Waals surface area contributed by atoms with Gasteiger partial charge in [-0.25, -0.2) is 0 Å². The molecule has 0 radical (unpaired) electrons. The fourth-order valence-electron chi connectivity index (χ4n) is 8.21. The van der Waals surface area contributed by atoms with Crippen molar-refractivity contribution in [1.82, 2.24) is 0 Å². The molecule has 2 N–H and O–H groups in total. The molecule has 0 aliphatic heterocycles. The summed E-state index contributed by atoms with van der Waals surface area (Å²) in [7, 11) is -4.88. The lowest BCUT2D eigenvalue weighted by atomic mass is 9.95. The van der Waals surface area contributed by atoms with Crippen molar-refractivity contribution in [3.05, 3.63) is 121 Å². The fraction of sp³-hybridized carbons (Fsp3) is 0.455. The van der Waals surface area contributed by atoms with E-state index in [9.17, 15) is 10.2 Å². The van der Waals surface area contributed by atoms with Gasteiger partial charge in [-0.2, -0.15) is 0 Å². The van der Waals surface area contributed by atoms with Gasteiger partial charge in [0.1, 0.15) is 0 Å². The Hall–Kier alpha value is -2.85. The minimum atomic E-state index is -2.44. The van der Waals surface area contributed by atoms with Gasteiger partial charge in [-0.1, -0.05) is 163 Å². The van der Waals surface area contributed by atoms with Crippen molar-refractivity contribution < 1.29 is 19.1 Å². The first-order valence-corrected chi connectivity index (χ1v) is 22.6. The zero-order chi connectivity index (χ0) is 35.8. The molecular formula is C44H60O4Si2. The molecule has 0 amide bonds. The maximum Gasteiger partial charge on any atom is 0.261 e. The third kappa shape index (κ3) is 8.60. The fourth-order valence-corrected chi connectivity index (χ4v) is 17.7. The molecule has 2 fully saturated rings. The molecule has 0 heterocycles. The van der Waals surface area contributed by atoms with Crippen LogP contribution in [0.5, 0.6) is 0 Å². The molecule has 0 spiro atoms. The highest BCUT2D eigenvalue weighted by molar-refractivity contribution is 7.00. The Morgan fingerprint density at radius 1 is 0.400 bits per heavy atom. The molecule has 6 heteroatoms. The van der Waals surface area contributed by atoms with Crippen molar-refractivity contribution in [2.24, 2.45) is 0 Å². The molecule has 0 bridgehead atoms. The average molecular weight is 709 g/mol. The molecule has 0 aromatic heterocycles. The van der Waals surface area contributed by atoms with Crippen LogP contribution in [0.1, 0.15) is 92.9 Å². The van der Waals surface area contributed by atoms with Crippen LogP contribution in [0.4, 0.5) is 0 Å². The standard InChI is InChI=1S/2C22H30O2Si/c2*1-22(2,3)25(20-10-6-4-7-11-20,21-12-8-5-9-13-21)24-19-16-14-18(23)15-17-19/h2*4-13,18-19,23H,14-17H2,1-3H3. The first-order valence-electron chi connectivity index (χ1n) is 18.8. The summed E-state index contributed by atoms with van der Waals surface area (Å²) in [6.45, 7) is 13.9. The van der Waals surface area contributed by atoms with E-state index in [0.29, 0.717) is 0 Å². The molecule has 4 aromatic carbocycles. The predicted molar refractivity (Wildman–Crippen MR) is 214 cm³/mol. The van der Waals surface area contributed by atoms with Crippen LogP contribution in [0.25, 0.3) is 0 Å². The second-order valence-corrected chi connectivity index (χ2v) is 24.9. The van der Waals surface area contributed by atoms with Crippen molar-refractivity contribution in [1.29, 1.82) is 0 Å². The highest BCUT2D eigenvalue weighted by atomic mass is 28.4. The molecule has 0 saturated heterocycles. The first-order chi connectivity index (χ1) is 23.9. The van der Waals surface area contributed by atoms with Gasteiger partial charge in [0.05, 0.1) is 12.2 Å². The van der Waals surface area contributed by atoms with Gasteiger partial charge in [-0.05, 0) is 82.2 Å². The number of aliphatic hydroxyl groups is 2. The summed E-state index contributed by atoms with van der Waals surface area (Å²) in [5.41, 5.74) is 0. The largest absolute Gasteiger partial charge is 0.404 e. The molecular weight excluding hydrogens is 649 g/mol. The summed E-state index contributed by atoms with van der Waals surface area (Å²) in [4.78, 5) is 0. The van der Waals surface area contributed by atoms with Gasteiger partial charge in [0.2, 0.25) is 0 Å². The van der Waals surface area contributed by atoms with E-state index in [1.807, 2.05) is 0 Å². The van der Waals surface area contributed by atoms with E-state index in [0.717, 1.165) is 51.4 Å². The molecule has 2 aliphatic rings. The van der Waals surface area contributed by atoms with Crippen LogP contribution in [0, 0.1) is 0 Å². The quantitative estimate of drug-likeness (QED) is 0.184. The third-order valence-corrected chi connectivity index (χ3v) is 21.0. The SMILES string of the molecule is CC(C)(C)[Si](OC1CCC(O)CC1)(c1ccccc1)c1ccccc1.CC(C)(C)[Si](OC1CCC(O)CC1)(c1ccccc1)c1ccccc1. The Balaban J connectivity index is 0.000000194. The first kappa shape index (κ1) is 38.4. The highest BCUT2D eigenvalue weighted by Crippen LogP contribution is 2.40. The number of hydrogen-bond acceptors (Lipinski definition) is 4. The van der Waals surface area contributed by atoms with Crippen LogP contribution in [0.15, 0.2) is 121 Å². The van der Waals surface area contributed by atoms with Gasteiger partial charge >= 0.3 is 0 Å². The van der Waals surface area contributed by atoms with E-state index in [-0.39, 0.29) is 34.5 Å². The number of hydrogen-bond donors (Lipinski definition) is 2. The Kier molecular flexibility index (Phi) is 12.8. The number of aliphatic hydroxyl groups excluding tert-OH is 2. The van der Waals surface area contributed by atoms with Crippen LogP contribution >= 0.6 is 0 Å². The summed E-state index contributed by atoms with van der Waals surface area (Å²) in [5, 5.41) is 25.1. The summed E-state index contributed by atoms with van der Waals surface area (Å²) in [5.74, 6) is 0. The molecule has 4 nitrogen and oxygen atoms in total. The Morgan fingerprint density at radius 2 is 0.620 bits per heavy atom. The maximum absolute atomic E-state index is 9.87. The molecule has 268 valence electrons. The monoisotopic (exact) mass is 708 g/mol.